The van der Waals surface area contributed by atoms with Crippen LogP contribution in [0.1, 0.15) is 17.8 Å². The van der Waals surface area contributed by atoms with Crippen molar-refractivity contribution >= 4 is 43.7 Å². The van der Waals surface area contributed by atoms with Crippen molar-refractivity contribution in [2.45, 2.75) is 13.0 Å². The first-order valence-electron chi connectivity index (χ1n) is 5.60. The van der Waals surface area contributed by atoms with Crippen LogP contribution in [-0.2, 0) is 0 Å². The highest BCUT2D eigenvalue weighted by atomic mass is 32.1. The van der Waals surface area contributed by atoms with Crippen LogP contribution in [0.3, 0.4) is 0 Å². The maximum atomic E-state index is 5.74. The molecule has 0 aliphatic rings. The molecule has 1 unspecified atom stereocenters. The molecule has 0 spiro atoms. The summed E-state index contributed by atoms with van der Waals surface area (Å²) in [6.45, 7) is 2.13. The van der Waals surface area contributed by atoms with Crippen molar-refractivity contribution in [2.75, 3.05) is 11.1 Å². The van der Waals surface area contributed by atoms with E-state index in [-0.39, 0.29) is 6.04 Å². The second-order valence-corrected chi connectivity index (χ2v) is 6.06. The average Bonchev–Trinajstić information content (AvgIpc) is 2.95. The molecule has 3 rings (SSSR count). The Morgan fingerprint density at radius 3 is 3.17 bits per heavy atom. The third-order valence-corrected chi connectivity index (χ3v) is 4.63. The highest BCUT2D eigenvalue weighted by Gasteiger charge is 2.09. The SMILES string of the molecule is CC(Nc1nc2[c]cc(N)cc2s1)c1cccs1. The molecule has 91 valence electrons. The van der Waals surface area contributed by atoms with E-state index in [1.165, 1.54) is 4.88 Å². The lowest BCUT2D eigenvalue weighted by Gasteiger charge is -2.09. The number of nitrogen functional groups attached to an aromatic ring is 1. The van der Waals surface area contributed by atoms with Crippen LogP contribution < -0.4 is 11.1 Å². The second kappa shape index (κ2) is 4.59. The molecule has 3 N–H and O–H groups in total. The lowest BCUT2D eigenvalue weighted by Crippen LogP contribution is -2.03. The standard InChI is InChI=1S/C13H12N3S2/c1-8(11-3-2-6-17-11)15-13-16-10-5-4-9(14)7-12(10)18-13/h2-4,6-8H,14H2,1H3,(H,15,16). The van der Waals surface area contributed by atoms with E-state index in [0.29, 0.717) is 0 Å². The van der Waals surface area contributed by atoms with Gasteiger partial charge in [0.15, 0.2) is 5.13 Å². The Morgan fingerprint density at radius 2 is 2.39 bits per heavy atom. The largest absolute Gasteiger partial charge is 0.399 e. The number of rotatable bonds is 3. The molecule has 0 fully saturated rings. The first-order chi connectivity index (χ1) is 8.72. The van der Waals surface area contributed by atoms with Crippen molar-refractivity contribution in [3.05, 3.63) is 40.6 Å². The Bertz CT molecular complexity index is 658. The Labute approximate surface area is 113 Å². The van der Waals surface area contributed by atoms with E-state index in [1.54, 1.807) is 28.7 Å². The van der Waals surface area contributed by atoms with E-state index >= 15 is 0 Å². The quantitative estimate of drug-likeness (QED) is 0.712. The van der Waals surface area contributed by atoms with Gasteiger partial charge in [0.2, 0.25) is 0 Å². The zero-order chi connectivity index (χ0) is 12.5. The maximum Gasteiger partial charge on any atom is 0.184 e. The summed E-state index contributed by atoms with van der Waals surface area (Å²) in [5.41, 5.74) is 7.34. The van der Waals surface area contributed by atoms with Crippen LogP contribution >= 0.6 is 22.7 Å². The van der Waals surface area contributed by atoms with Crippen LogP contribution in [0.2, 0.25) is 0 Å². The van der Waals surface area contributed by atoms with E-state index in [4.69, 9.17) is 5.73 Å². The fraction of sp³-hybridized carbons (Fsp3) is 0.154. The summed E-state index contributed by atoms with van der Waals surface area (Å²) in [6.07, 6.45) is 0. The zero-order valence-electron chi connectivity index (χ0n) is 9.81. The fourth-order valence-corrected chi connectivity index (χ4v) is 3.45. The zero-order valence-corrected chi connectivity index (χ0v) is 11.4. The smallest absolute Gasteiger partial charge is 0.184 e. The summed E-state index contributed by atoms with van der Waals surface area (Å²) in [4.78, 5) is 5.81. The van der Waals surface area contributed by atoms with Crippen molar-refractivity contribution in [1.29, 1.82) is 0 Å². The Hall–Kier alpha value is -1.59. The molecular weight excluding hydrogens is 262 g/mol. The van der Waals surface area contributed by atoms with Crippen molar-refractivity contribution in [3.63, 3.8) is 0 Å². The third-order valence-electron chi connectivity index (χ3n) is 2.64. The molecule has 1 atom stereocenters. The number of hydrogen-bond donors (Lipinski definition) is 2. The minimum atomic E-state index is 0.267. The minimum Gasteiger partial charge on any atom is -0.399 e. The van der Waals surface area contributed by atoms with Gasteiger partial charge in [0.05, 0.1) is 16.3 Å². The number of aromatic nitrogens is 1. The molecule has 2 heterocycles. The number of benzene rings is 1. The van der Waals surface area contributed by atoms with Crippen LogP contribution in [0.15, 0.2) is 29.6 Å². The topological polar surface area (TPSA) is 50.9 Å². The van der Waals surface area contributed by atoms with Crippen LogP contribution in [0.25, 0.3) is 10.2 Å². The molecule has 0 saturated carbocycles. The molecule has 0 aliphatic carbocycles. The summed E-state index contributed by atoms with van der Waals surface area (Å²) in [6, 6.07) is 11.2. The fourth-order valence-electron chi connectivity index (χ4n) is 1.73. The number of thiazole rings is 1. The minimum absolute atomic E-state index is 0.267. The average molecular weight is 274 g/mol. The molecule has 18 heavy (non-hydrogen) atoms. The van der Waals surface area contributed by atoms with E-state index < -0.39 is 0 Å². The van der Waals surface area contributed by atoms with Gasteiger partial charge in [-0.3, -0.25) is 0 Å². The van der Waals surface area contributed by atoms with Crippen LogP contribution in [0, 0.1) is 6.07 Å². The van der Waals surface area contributed by atoms with Crippen LogP contribution in [-0.4, -0.2) is 4.98 Å². The normalized spacial score (nSPS) is 12.7. The molecular formula is C13H12N3S2. The van der Waals surface area contributed by atoms with Crippen LogP contribution in [0.5, 0.6) is 0 Å². The van der Waals surface area contributed by atoms with Gasteiger partial charge in [0.25, 0.3) is 0 Å². The lowest BCUT2D eigenvalue weighted by atomic mass is 10.3. The molecule has 0 saturated heterocycles. The molecule has 3 nitrogen and oxygen atoms in total. The van der Waals surface area contributed by atoms with Gasteiger partial charge in [-0.1, -0.05) is 17.4 Å². The summed E-state index contributed by atoms with van der Waals surface area (Å²) >= 11 is 3.35. The van der Waals surface area contributed by atoms with E-state index in [0.717, 1.165) is 21.0 Å². The Balaban J connectivity index is 1.86. The molecule has 2 aromatic heterocycles. The number of hydrogen-bond acceptors (Lipinski definition) is 5. The number of fused-ring (bicyclic) bond motifs is 1. The predicted octanol–water partition coefficient (Wildman–Crippen LogP) is 3.91. The van der Waals surface area contributed by atoms with E-state index in [1.807, 2.05) is 6.07 Å². The molecule has 0 amide bonds. The van der Waals surface area contributed by atoms with Gasteiger partial charge in [0.1, 0.15) is 0 Å². The summed E-state index contributed by atoms with van der Waals surface area (Å²) in [5, 5.41) is 6.40. The number of thiophene rings is 1. The molecule has 0 aliphatic heterocycles. The van der Waals surface area contributed by atoms with Gasteiger partial charge < -0.3 is 11.1 Å². The second-order valence-electron chi connectivity index (χ2n) is 4.05. The van der Waals surface area contributed by atoms with E-state index in [9.17, 15) is 0 Å². The lowest BCUT2D eigenvalue weighted by molar-refractivity contribution is 0.905. The third kappa shape index (κ3) is 2.19. The van der Waals surface area contributed by atoms with Crippen molar-refractivity contribution in [3.8, 4) is 0 Å². The molecule has 0 bridgehead atoms. The number of anilines is 2. The van der Waals surface area contributed by atoms with Gasteiger partial charge in [-0.15, -0.1) is 11.3 Å². The number of nitrogens with two attached hydrogens (primary N) is 1. The van der Waals surface area contributed by atoms with Gasteiger partial charge >= 0.3 is 0 Å². The predicted molar refractivity (Wildman–Crippen MR) is 79.2 cm³/mol. The van der Waals surface area contributed by atoms with Gasteiger partial charge in [-0.05, 0) is 30.5 Å². The van der Waals surface area contributed by atoms with E-state index in [2.05, 4.69) is 40.8 Å². The van der Waals surface area contributed by atoms with Gasteiger partial charge in [0, 0.05) is 16.6 Å². The summed E-state index contributed by atoms with van der Waals surface area (Å²) in [5.74, 6) is 0. The highest BCUT2D eigenvalue weighted by Crippen LogP contribution is 2.30. The molecule has 3 aromatic rings. The monoisotopic (exact) mass is 274 g/mol. The molecule has 1 radical (unpaired) electrons. The van der Waals surface area contributed by atoms with Crippen molar-refractivity contribution in [1.82, 2.24) is 4.98 Å². The van der Waals surface area contributed by atoms with Crippen LogP contribution in [0.4, 0.5) is 10.8 Å². The van der Waals surface area contributed by atoms with Gasteiger partial charge in [-0.25, -0.2) is 4.98 Å². The van der Waals surface area contributed by atoms with Gasteiger partial charge in [-0.2, -0.15) is 0 Å². The first-order valence-corrected chi connectivity index (χ1v) is 7.29. The molecule has 1 aromatic carbocycles. The summed E-state index contributed by atoms with van der Waals surface area (Å²) in [7, 11) is 0. The number of nitrogens with one attached hydrogen (secondary N) is 1. The highest BCUT2D eigenvalue weighted by molar-refractivity contribution is 7.22. The van der Waals surface area contributed by atoms with Crippen molar-refractivity contribution in [2.24, 2.45) is 0 Å². The Kier molecular flexibility index (Phi) is 2.93. The van der Waals surface area contributed by atoms with Crippen molar-refractivity contribution < 1.29 is 0 Å². The maximum absolute atomic E-state index is 5.74. The molecule has 5 heteroatoms. The summed E-state index contributed by atoms with van der Waals surface area (Å²) < 4.78 is 1.07. The number of nitrogens with zero attached hydrogens (tertiary/aromatic N) is 1. The Morgan fingerprint density at radius 1 is 1.50 bits per heavy atom. The first kappa shape index (κ1) is 11.5.